The molecule has 136 valence electrons. The monoisotopic (exact) mass is 355 g/mol. The van der Waals surface area contributed by atoms with Gasteiger partial charge < -0.3 is 19.9 Å². The molecule has 2 N–H and O–H groups in total. The Labute approximate surface area is 151 Å². The van der Waals surface area contributed by atoms with Gasteiger partial charge in [-0.05, 0) is 30.5 Å². The van der Waals surface area contributed by atoms with Gasteiger partial charge in [0.15, 0.2) is 0 Å². The SMILES string of the molecule is COc1cc(NC(=O)C2CCCOC2c2ccccc2)ccc1C(=O)O. The van der Waals surface area contributed by atoms with Crippen molar-refractivity contribution in [2.24, 2.45) is 5.92 Å². The lowest BCUT2D eigenvalue weighted by atomic mass is 9.88. The van der Waals surface area contributed by atoms with Crippen LogP contribution in [0, 0.1) is 5.92 Å². The normalized spacial score (nSPS) is 19.6. The lowest BCUT2D eigenvalue weighted by Gasteiger charge is -2.31. The number of carbonyl (C=O) groups excluding carboxylic acids is 1. The van der Waals surface area contributed by atoms with E-state index in [1.165, 1.54) is 19.2 Å². The number of benzene rings is 2. The molecule has 1 fully saturated rings. The van der Waals surface area contributed by atoms with Crippen LogP contribution in [0.5, 0.6) is 5.75 Å². The van der Waals surface area contributed by atoms with Gasteiger partial charge in [-0.15, -0.1) is 0 Å². The summed E-state index contributed by atoms with van der Waals surface area (Å²) in [6, 6.07) is 14.2. The van der Waals surface area contributed by atoms with Gasteiger partial charge in [0.1, 0.15) is 11.3 Å². The van der Waals surface area contributed by atoms with Crippen molar-refractivity contribution < 1.29 is 24.2 Å². The van der Waals surface area contributed by atoms with Crippen molar-refractivity contribution in [1.29, 1.82) is 0 Å². The number of anilines is 1. The van der Waals surface area contributed by atoms with Gasteiger partial charge >= 0.3 is 5.97 Å². The molecule has 1 aliphatic heterocycles. The van der Waals surface area contributed by atoms with Crippen LogP contribution in [0.25, 0.3) is 0 Å². The fourth-order valence-corrected chi connectivity index (χ4v) is 3.20. The molecule has 1 heterocycles. The van der Waals surface area contributed by atoms with E-state index in [0.29, 0.717) is 12.3 Å². The number of carboxylic acid groups (broad SMARTS) is 1. The van der Waals surface area contributed by atoms with E-state index in [-0.39, 0.29) is 29.2 Å². The van der Waals surface area contributed by atoms with E-state index in [1.807, 2.05) is 30.3 Å². The van der Waals surface area contributed by atoms with Gasteiger partial charge in [0.05, 0.1) is 19.1 Å². The lowest BCUT2D eigenvalue weighted by Crippen LogP contribution is -2.33. The lowest BCUT2D eigenvalue weighted by molar-refractivity contribution is -0.129. The van der Waals surface area contributed by atoms with Crippen molar-refractivity contribution in [3.05, 3.63) is 59.7 Å². The van der Waals surface area contributed by atoms with E-state index >= 15 is 0 Å². The van der Waals surface area contributed by atoms with Crippen LogP contribution in [-0.2, 0) is 9.53 Å². The van der Waals surface area contributed by atoms with Crippen LogP contribution in [0.15, 0.2) is 48.5 Å². The van der Waals surface area contributed by atoms with Crippen molar-refractivity contribution in [3.63, 3.8) is 0 Å². The second-order valence-electron chi connectivity index (χ2n) is 6.16. The highest BCUT2D eigenvalue weighted by molar-refractivity contribution is 5.95. The van der Waals surface area contributed by atoms with Crippen LogP contribution in [0.3, 0.4) is 0 Å². The minimum Gasteiger partial charge on any atom is -0.496 e. The van der Waals surface area contributed by atoms with Crippen molar-refractivity contribution in [3.8, 4) is 5.75 Å². The number of carbonyl (C=O) groups is 2. The fourth-order valence-electron chi connectivity index (χ4n) is 3.20. The summed E-state index contributed by atoms with van der Waals surface area (Å²) in [5.74, 6) is -1.33. The predicted molar refractivity (Wildman–Crippen MR) is 96.4 cm³/mol. The highest BCUT2D eigenvalue weighted by Crippen LogP contribution is 2.34. The zero-order chi connectivity index (χ0) is 18.5. The first kappa shape index (κ1) is 17.9. The molecule has 0 aromatic heterocycles. The maximum atomic E-state index is 12.8. The summed E-state index contributed by atoms with van der Waals surface area (Å²) in [5.41, 5.74) is 1.52. The van der Waals surface area contributed by atoms with Gasteiger partial charge in [0.2, 0.25) is 5.91 Å². The molecule has 3 rings (SSSR count). The van der Waals surface area contributed by atoms with E-state index in [9.17, 15) is 9.59 Å². The Hall–Kier alpha value is -2.86. The summed E-state index contributed by atoms with van der Waals surface area (Å²) >= 11 is 0. The molecular formula is C20H21NO5. The van der Waals surface area contributed by atoms with Crippen LogP contribution in [0.2, 0.25) is 0 Å². The highest BCUT2D eigenvalue weighted by atomic mass is 16.5. The van der Waals surface area contributed by atoms with Crippen molar-refractivity contribution in [1.82, 2.24) is 0 Å². The largest absolute Gasteiger partial charge is 0.496 e. The van der Waals surface area contributed by atoms with E-state index in [4.69, 9.17) is 14.6 Å². The average molecular weight is 355 g/mol. The molecule has 6 heteroatoms. The summed E-state index contributed by atoms with van der Waals surface area (Å²) in [7, 11) is 1.40. The topological polar surface area (TPSA) is 84.9 Å². The van der Waals surface area contributed by atoms with Crippen LogP contribution >= 0.6 is 0 Å². The van der Waals surface area contributed by atoms with Gasteiger partial charge in [0, 0.05) is 18.4 Å². The Kier molecular flexibility index (Phi) is 5.53. The molecule has 2 aromatic rings. The first-order chi connectivity index (χ1) is 12.6. The fraction of sp³-hybridized carbons (Fsp3) is 0.300. The predicted octanol–water partition coefficient (Wildman–Crippen LogP) is 3.50. The number of aromatic carboxylic acids is 1. The summed E-state index contributed by atoms with van der Waals surface area (Å²) in [6.07, 6.45) is 1.27. The molecule has 1 saturated heterocycles. The number of hydrogen-bond acceptors (Lipinski definition) is 4. The standard InChI is InChI=1S/C20H21NO5/c1-25-17-12-14(9-10-15(17)20(23)24)21-19(22)16-8-5-11-26-18(16)13-6-3-2-4-7-13/h2-4,6-7,9-10,12,16,18H,5,8,11H2,1H3,(H,21,22)(H,23,24). The molecule has 0 radical (unpaired) electrons. The van der Waals surface area contributed by atoms with Gasteiger partial charge in [-0.1, -0.05) is 30.3 Å². The third-order valence-corrected chi connectivity index (χ3v) is 4.49. The summed E-state index contributed by atoms with van der Waals surface area (Å²) in [6.45, 7) is 0.629. The number of amides is 1. The minimum absolute atomic E-state index is 0.0497. The Balaban J connectivity index is 1.79. The van der Waals surface area contributed by atoms with Crippen LogP contribution in [-0.4, -0.2) is 30.7 Å². The number of carboxylic acids is 1. The summed E-state index contributed by atoms with van der Waals surface area (Å²) < 4.78 is 11.0. The molecule has 0 aliphatic carbocycles. The van der Waals surface area contributed by atoms with Gasteiger partial charge in [-0.2, -0.15) is 0 Å². The smallest absolute Gasteiger partial charge is 0.339 e. The number of hydrogen-bond donors (Lipinski definition) is 2. The molecule has 2 aromatic carbocycles. The quantitative estimate of drug-likeness (QED) is 0.857. The number of methoxy groups -OCH3 is 1. The zero-order valence-electron chi connectivity index (χ0n) is 14.5. The molecule has 1 aliphatic rings. The molecule has 2 atom stereocenters. The highest BCUT2D eigenvalue weighted by Gasteiger charge is 2.33. The van der Waals surface area contributed by atoms with Crippen molar-refractivity contribution in [2.75, 3.05) is 19.0 Å². The Morgan fingerprint density at radius 1 is 1.19 bits per heavy atom. The second-order valence-corrected chi connectivity index (χ2v) is 6.16. The minimum atomic E-state index is -1.08. The average Bonchev–Trinajstić information content (AvgIpc) is 2.68. The van der Waals surface area contributed by atoms with Gasteiger partial charge in [0.25, 0.3) is 0 Å². The number of ether oxygens (including phenoxy) is 2. The number of nitrogens with one attached hydrogen (secondary N) is 1. The first-order valence-corrected chi connectivity index (χ1v) is 8.49. The van der Waals surface area contributed by atoms with Gasteiger partial charge in [-0.25, -0.2) is 4.79 Å². The molecule has 0 bridgehead atoms. The zero-order valence-corrected chi connectivity index (χ0v) is 14.5. The van der Waals surface area contributed by atoms with Gasteiger partial charge in [-0.3, -0.25) is 4.79 Å². The maximum Gasteiger partial charge on any atom is 0.339 e. The second kappa shape index (κ2) is 8.01. The molecule has 0 saturated carbocycles. The summed E-state index contributed by atoms with van der Waals surface area (Å²) in [5, 5.41) is 12.0. The molecule has 2 unspecified atom stereocenters. The molecule has 26 heavy (non-hydrogen) atoms. The van der Waals surface area contributed by atoms with Crippen molar-refractivity contribution in [2.45, 2.75) is 18.9 Å². The third kappa shape index (κ3) is 3.86. The molecule has 1 amide bonds. The Morgan fingerprint density at radius 3 is 2.65 bits per heavy atom. The Bertz CT molecular complexity index is 790. The van der Waals surface area contributed by atoms with Crippen LogP contribution in [0.4, 0.5) is 5.69 Å². The molecule has 0 spiro atoms. The van der Waals surface area contributed by atoms with Crippen LogP contribution < -0.4 is 10.1 Å². The maximum absolute atomic E-state index is 12.8. The summed E-state index contributed by atoms with van der Waals surface area (Å²) in [4.78, 5) is 24.0. The molecule has 6 nitrogen and oxygen atoms in total. The van der Waals surface area contributed by atoms with E-state index in [2.05, 4.69) is 5.32 Å². The van der Waals surface area contributed by atoms with E-state index < -0.39 is 5.97 Å². The van der Waals surface area contributed by atoms with Crippen LogP contribution in [0.1, 0.15) is 34.9 Å². The number of rotatable bonds is 5. The first-order valence-electron chi connectivity index (χ1n) is 8.49. The van der Waals surface area contributed by atoms with E-state index in [0.717, 1.165) is 18.4 Å². The Morgan fingerprint density at radius 2 is 1.96 bits per heavy atom. The van der Waals surface area contributed by atoms with E-state index in [1.54, 1.807) is 6.07 Å². The van der Waals surface area contributed by atoms with Crippen molar-refractivity contribution >= 4 is 17.6 Å². The molecular weight excluding hydrogens is 334 g/mol. The third-order valence-electron chi connectivity index (χ3n) is 4.49.